The second-order valence-electron chi connectivity index (χ2n) is 7.37. The number of carbonyl (C=O) groups excluding carboxylic acids is 1. The molecule has 0 aromatic carbocycles. The standard InChI is InChI=1S/C21H23N5O2/c1-13-10-23-19(11-22-13)21(27)26-8-7-16(12-26)9-17-5-4-6-18(24-17)20-14(2)25-28-15(20)3/h4-6,10-11,16H,7-9,12H2,1-3H3. The molecule has 0 spiro atoms. The molecule has 1 amide bonds. The molecule has 0 N–H and O–H groups in total. The van der Waals surface area contributed by atoms with Gasteiger partial charge in [0.2, 0.25) is 0 Å². The number of aryl methyl sites for hydroxylation is 3. The third-order valence-electron chi connectivity index (χ3n) is 5.17. The molecule has 1 unspecified atom stereocenters. The van der Waals surface area contributed by atoms with E-state index in [4.69, 9.17) is 9.51 Å². The van der Waals surface area contributed by atoms with Gasteiger partial charge in [-0.2, -0.15) is 0 Å². The minimum absolute atomic E-state index is 0.0487. The average Bonchev–Trinajstić information content (AvgIpc) is 3.28. The van der Waals surface area contributed by atoms with E-state index < -0.39 is 0 Å². The van der Waals surface area contributed by atoms with Crippen LogP contribution in [0.15, 0.2) is 35.1 Å². The van der Waals surface area contributed by atoms with E-state index in [2.05, 4.69) is 15.1 Å². The Balaban J connectivity index is 1.44. The van der Waals surface area contributed by atoms with Gasteiger partial charge < -0.3 is 9.42 Å². The number of amides is 1. The van der Waals surface area contributed by atoms with Crippen molar-refractivity contribution in [2.75, 3.05) is 13.1 Å². The average molecular weight is 377 g/mol. The van der Waals surface area contributed by atoms with Crippen LogP contribution < -0.4 is 0 Å². The Morgan fingerprint density at radius 2 is 2.07 bits per heavy atom. The second-order valence-corrected chi connectivity index (χ2v) is 7.37. The van der Waals surface area contributed by atoms with Crippen LogP contribution in [0.2, 0.25) is 0 Å². The first-order valence-corrected chi connectivity index (χ1v) is 9.48. The Kier molecular flexibility index (Phi) is 4.90. The smallest absolute Gasteiger partial charge is 0.274 e. The Morgan fingerprint density at radius 1 is 1.21 bits per heavy atom. The van der Waals surface area contributed by atoms with Gasteiger partial charge >= 0.3 is 0 Å². The maximum absolute atomic E-state index is 12.6. The molecule has 3 aromatic rings. The van der Waals surface area contributed by atoms with Crippen molar-refractivity contribution >= 4 is 5.91 Å². The number of hydrogen-bond donors (Lipinski definition) is 0. The van der Waals surface area contributed by atoms with E-state index in [-0.39, 0.29) is 5.91 Å². The highest BCUT2D eigenvalue weighted by Crippen LogP contribution is 2.27. The van der Waals surface area contributed by atoms with Gasteiger partial charge in [-0.3, -0.25) is 14.8 Å². The fraction of sp³-hybridized carbons (Fsp3) is 0.381. The highest BCUT2D eigenvalue weighted by Gasteiger charge is 2.28. The molecule has 0 radical (unpaired) electrons. The Hall–Kier alpha value is -3.09. The van der Waals surface area contributed by atoms with E-state index in [1.807, 2.05) is 43.9 Å². The monoisotopic (exact) mass is 377 g/mol. The molecule has 7 heteroatoms. The molecule has 0 saturated carbocycles. The summed E-state index contributed by atoms with van der Waals surface area (Å²) in [5, 5.41) is 4.02. The minimum Gasteiger partial charge on any atom is -0.361 e. The Labute approximate surface area is 163 Å². The fourth-order valence-corrected chi connectivity index (χ4v) is 3.73. The maximum atomic E-state index is 12.6. The molecule has 0 aliphatic carbocycles. The molecule has 0 bridgehead atoms. The molecule has 144 valence electrons. The van der Waals surface area contributed by atoms with E-state index in [9.17, 15) is 4.79 Å². The number of hydrogen-bond acceptors (Lipinski definition) is 6. The van der Waals surface area contributed by atoms with Crippen LogP contribution in [-0.4, -0.2) is 44.0 Å². The molecular formula is C21H23N5O2. The number of pyridine rings is 1. The third-order valence-corrected chi connectivity index (χ3v) is 5.17. The van der Waals surface area contributed by atoms with E-state index in [1.165, 1.54) is 0 Å². The van der Waals surface area contributed by atoms with Crippen molar-refractivity contribution in [3.63, 3.8) is 0 Å². The van der Waals surface area contributed by atoms with Crippen molar-refractivity contribution in [2.24, 2.45) is 5.92 Å². The van der Waals surface area contributed by atoms with E-state index in [0.717, 1.165) is 53.5 Å². The van der Waals surface area contributed by atoms with E-state index in [1.54, 1.807) is 12.4 Å². The van der Waals surface area contributed by atoms with Crippen LogP contribution in [-0.2, 0) is 6.42 Å². The van der Waals surface area contributed by atoms with Crippen molar-refractivity contribution < 1.29 is 9.32 Å². The Morgan fingerprint density at radius 3 is 2.79 bits per heavy atom. The number of aromatic nitrogens is 4. The SMILES string of the molecule is Cc1cnc(C(=O)N2CCC(Cc3cccc(-c4c(C)noc4C)n3)C2)cn1. The summed E-state index contributed by atoms with van der Waals surface area (Å²) >= 11 is 0. The lowest BCUT2D eigenvalue weighted by Gasteiger charge is -2.16. The number of carbonyl (C=O) groups is 1. The normalized spacial score (nSPS) is 16.5. The molecule has 7 nitrogen and oxygen atoms in total. The van der Waals surface area contributed by atoms with Gasteiger partial charge in [-0.25, -0.2) is 4.98 Å². The highest BCUT2D eigenvalue weighted by atomic mass is 16.5. The summed E-state index contributed by atoms with van der Waals surface area (Å²) in [6.07, 6.45) is 4.98. The summed E-state index contributed by atoms with van der Waals surface area (Å²) in [6, 6.07) is 6.04. The largest absolute Gasteiger partial charge is 0.361 e. The van der Waals surface area contributed by atoms with E-state index >= 15 is 0 Å². The molecule has 1 aliphatic rings. The first-order chi connectivity index (χ1) is 13.5. The summed E-state index contributed by atoms with van der Waals surface area (Å²) < 4.78 is 5.27. The lowest BCUT2D eigenvalue weighted by Crippen LogP contribution is -2.29. The number of likely N-dealkylation sites (tertiary alicyclic amines) is 1. The predicted molar refractivity (Wildman–Crippen MR) is 104 cm³/mol. The molecule has 4 rings (SSSR count). The van der Waals surface area contributed by atoms with Crippen LogP contribution in [0.4, 0.5) is 0 Å². The summed E-state index contributed by atoms with van der Waals surface area (Å²) in [5.74, 6) is 1.11. The van der Waals surface area contributed by atoms with Crippen LogP contribution in [0.3, 0.4) is 0 Å². The lowest BCUT2D eigenvalue weighted by molar-refractivity contribution is 0.0780. The lowest BCUT2D eigenvalue weighted by atomic mass is 10.0. The quantitative estimate of drug-likeness (QED) is 0.694. The molecule has 1 aliphatic heterocycles. The van der Waals surface area contributed by atoms with E-state index in [0.29, 0.717) is 18.2 Å². The van der Waals surface area contributed by atoms with Gasteiger partial charge in [0.1, 0.15) is 11.5 Å². The van der Waals surface area contributed by atoms with Crippen molar-refractivity contribution in [1.82, 2.24) is 25.0 Å². The molecule has 1 atom stereocenters. The predicted octanol–water partition coefficient (Wildman–Crippen LogP) is 3.16. The summed E-state index contributed by atoms with van der Waals surface area (Å²) in [6.45, 7) is 7.14. The number of nitrogens with zero attached hydrogens (tertiary/aromatic N) is 5. The van der Waals surface area contributed by atoms with Gasteiger partial charge in [-0.05, 0) is 51.7 Å². The van der Waals surface area contributed by atoms with Crippen molar-refractivity contribution in [2.45, 2.75) is 33.6 Å². The summed E-state index contributed by atoms with van der Waals surface area (Å²) in [4.78, 5) is 27.7. The van der Waals surface area contributed by atoms with Gasteiger partial charge in [0, 0.05) is 25.0 Å². The van der Waals surface area contributed by atoms with Gasteiger partial charge in [-0.1, -0.05) is 11.2 Å². The topological polar surface area (TPSA) is 85.0 Å². The van der Waals surface area contributed by atoms with Crippen LogP contribution in [0.1, 0.15) is 39.8 Å². The zero-order valence-corrected chi connectivity index (χ0v) is 16.3. The van der Waals surface area contributed by atoms with Crippen LogP contribution in [0.25, 0.3) is 11.3 Å². The van der Waals surface area contributed by atoms with Crippen LogP contribution in [0.5, 0.6) is 0 Å². The first-order valence-electron chi connectivity index (χ1n) is 9.48. The number of rotatable bonds is 4. The molecular weight excluding hydrogens is 354 g/mol. The van der Waals surface area contributed by atoms with Gasteiger partial charge in [0.05, 0.1) is 28.8 Å². The first kappa shape index (κ1) is 18.3. The minimum atomic E-state index is -0.0487. The summed E-state index contributed by atoms with van der Waals surface area (Å²) in [7, 11) is 0. The van der Waals surface area contributed by atoms with Crippen molar-refractivity contribution in [3.05, 3.63) is 59.1 Å². The molecule has 1 fully saturated rings. The highest BCUT2D eigenvalue weighted by molar-refractivity contribution is 5.92. The molecule has 28 heavy (non-hydrogen) atoms. The van der Waals surface area contributed by atoms with Gasteiger partial charge in [0.15, 0.2) is 0 Å². The third kappa shape index (κ3) is 3.65. The zero-order chi connectivity index (χ0) is 19.7. The fourth-order valence-electron chi connectivity index (χ4n) is 3.73. The maximum Gasteiger partial charge on any atom is 0.274 e. The van der Waals surface area contributed by atoms with Crippen LogP contribution in [0, 0.1) is 26.7 Å². The van der Waals surface area contributed by atoms with Gasteiger partial charge in [0.25, 0.3) is 5.91 Å². The Bertz CT molecular complexity index is 977. The summed E-state index contributed by atoms with van der Waals surface area (Å²) in [5.41, 5.74) is 4.92. The van der Waals surface area contributed by atoms with Crippen LogP contribution >= 0.6 is 0 Å². The zero-order valence-electron chi connectivity index (χ0n) is 16.3. The second kappa shape index (κ2) is 7.50. The van der Waals surface area contributed by atoms with Crippen molar-refractivity contribution in [3.8, 4) is 11.3 Å². The molecule has 4 heterocycles. The van der Waals surface area contributed by atoms with Crippen molar-refractivity contribution in [1.29, 1.82) is 0 Å². The van der Waals surface area contributed by atoms with Gasteiger partial charge in [-0.15, -0.1) is 0 Å². The molecule has 1 saturated heterocycles. The molecule has 3 aromatic heterocycles.